The molecular weight excluding hydrogens is 224 g/mol. The molecular formula is C11H16N2O4. The van der Waals surface area contributed by atoms with Gasteiger partial charge in [0.05, 0.1) is 18.7 Å². The van der Waals surface area contributed by atoms with Gasteiger partial charge in [-0.2, -0.15) is 0 Å². The van der Waals surface area contributed by atoms with Crippen molar-refractivity contribution in [3.63, 3.8) is 0 Å². The highest BCUT2D eigenvalue weighted by molar-refractivity contribution is 5.17. The van der Waals surface area contributed by atoms with Gasteiger partial charge in [-0.15, -0.1) is 0 Å². The van der Waals surface area contributed by atoms with Crippen molar-refractivity contribution in [2.24, 2.45) is 0 Å². The highest BCUT2D eigenvalue weighted by atomic mass is 16.6. The molecule has 0 aromatic carbocycles. The lowest BCUT2D eigenvalue weighted by atomic mass is 10.1. The maximum absolute atomic E-state index is 10.4. The zero-order chi connectivity index (χ0) is 12.3. The zero-order valence-corrected chi connectivity index (χ0v) is 9.72. The van der Waals surface area contributed by atoms with Gasteiger partial charge in [-0.05, 0) is 25.8 Å². The van der Waals surface area contributed by atoms with Gasteiger partial charge in [-0.3, -0.25) is 10.1 Å². The van der Waals surface area contributed by atoms with E-state index in [1.165, 1.54) is 6.07 Å². The second-order valence-electron chi connectivity index (χ2n) is 4.22. The lowest BCUT2D eigenvalue weighted by molar-refractivity contribution is -0.402. The average molecular weight is 240 g/mol. The van der Waals surface area contributed by atoms with Crippen molar-refractivity contribution in [2.45, 2.75) is 38.5 Å². The van der Waals surface area contributed by atoms with E-state index in [0.717, 1.165) is 19.4 Å². The molecule has 6 nitrogen and oxygen atoms in total. The highest BCUT2D eigenvalue weighted by Gasteiger charge is 2.22. The standard InChI is InChI=1S/C11H16N2O4/c1-8(10-3-2-6-16-10)12-7-9-4-5-11(17-9)13(14)15/h4-5,8,10,12H,2-3,6-7H2,1H3. The van der Waals surface area contributed by atoms with E-state index in [-0.39, 0.29) is 18.0 Å². The van der Waals surface area contributed by atoms with Crippen LogP contribution in [0.2, 0.25) is 0 Å². The number of nitrogens with one attached hydrogen (secondary N) is 1. The molecule has 1 aromatic rings. The summed E-state index contributed by atoms with van der Waals surface area (Å²) in [4.78, 5) is 9.90. The third-order valence-electron chi connectivity index (χ3n) is 2.95. The van der Waals surface area contributed by atoms with Crippen LogP contribution in [0.4, 0.5) is 5.88 Å². The molecule has 0 aliphatic carbocycles. The van der Waals surface area contributed by atoms with E-state index in [0.29, 0.717) is 12.3 Å². The zero-order valence-electron chi connectivity index (χ0n) is 9.72. The van der Waals surface area contributed by atoms with Gasteiger partial charge in [-0.1, -0.05) is 0 Å². The minimum atomic E-state index is -0.535. The SMILES string of the molecule is CC(NCc1ccc([N+](=O)[O-])o1)C1CCCO1. The predicted octanol–water partition coefficient (Wildman–Crippen LogP) is 1.84. The van der Waals surface area contributed by atoms with Crippen molar-refractivity contribution in [3.8, 4) is 0 Å². The Balaban J connectivity index is 1.82. The molecule has 17 heavy (non-hydrogen) atoms. The number of rotatable bonds is 5. The molecule has 2 atom stereocenters. The number of hydrogen-bond donors (Lipinski definition) is 1. The molecule has 6 heteroatoms. The maximum Gasteiger partial charge on any atom is 0.433 e. The van der Waals surface area contributed by atoms with E-state index >= 15 is 0 Å². The minimum Gasteiger partial charge on any atom is -0.404 e. The Hall–Kier alpha value is -1.40. The summed E-state index contributed by atoms with van der Waals surface area (Å²) in [5, 5.41) is 13.7. The van der Waals surface area contributed by atoms with Crippen LogP contribution in [0.15, 0.2) is 16.5 Å². The van der Waals surface area contributed by atoms with Crippen LogP contribution in [-0.4, -0.2) is 23.7 Å². The second kappa shape index (κ2) is 5.29. The van der Waals surface area contributed by atoms with Crippen LogP contribution >= 0.6 is 0 Å². The minimum absolute atomic E-state index is 0.216. The van der Waals surface area contributed by atoms with Crippen molar-refractivity contribution in [2.75, 3.05) is 6.61 Å². The van der Waals surface area contributed by atoms with Gasteiger partial charge in [0.25, 0.3) is 0 Å². The van der Waals surface area contributed by atoms with Crippen LogP contribution in [0, 0.1) is 10.1 Å². The van der Waals surface area contributed by atoms with Crippen molar-refractivity contribution >= 4 is 5.88 Å². The molecule has 0 bridgehead atoms. The molecule has 0 spiro atoms. The van der Waals surface area contributed by atoms with Crippen LogP contribution in [0.5, 0.6) is 0 Å². The Morgan fingerprint density at radius 2 is 2.47 bits per heavy atom. The Morgan fingerprint density at radius 1 is 1.65 bits per heavy atom. The quantitative estimate of drug-likeness (QED) is 0.627. The Kier molecular flexibility index (Phi) is 3.75. The molecule has 0 amide bonds. The van der Waals surface area contributed by atoms with Crippen molar-refractivity contribution < 1.29 is 14.1 Å². The first-order valence-electron chi connectivity index (χ1n) is 5.75. The summed E-state index contributed by atoms with van der Waals surface area (Å²) in [6, 6.07) is 3.21. The second-order valence-corrected chi connectivity index (χ2v) is 4.22. The fourth-order valence-electron chi connectivity index (χ4n) is 1.95. The number of nitrogens with zero attached hydrogens (tertiary/aromatic N) is 1. The van der Waals surface area contributed by atoms with Gasteiger partial charge >= 0.3 is 5.88 Å². The lowest BCUT2D eigenvalue weighted by Gasteiger charge is -2.19. The summed E-state index contributed by atoms with van der Waals surface area (Å²) in [5.74, 6) is 0.355. The van der Waals surface area contributed by atoms with E-state index < -0.39 is 4.92 Å². The van der Waals surface area contributed by atoms with Crippen LogP contribution < -0.4 is 5.32 Å². The van der Waals surface area contributed by atoms with Gasteiger partial charge in [0.15, 0.2) is 0 Å². The molecule has 2 unspecified atom stereocenters. The Bertz CT molecular complexity index is 385. The first-order valence-corrected chi connectivity index (χ1v) is 5.75. The smallest absolute Gasteiger partial charge is 0.404 e. The molecule has 1 N–H and O–H groups in total. The summed E-state index contributed by atoms with van der Waals surface area (Å²) in [7, 11) is 0. The van der Waals surface area contributed by atoms with Gasteiger partial charge in [-0.25, -0.2) is 0 Å². The summed E-state index contributed by atoms with van der Waals surface area (Å²) < 4.78 is 10.6. The van der Waals surface area contributed by atoms with Crippen LogP contribution in [0.1, 0.15) is 25.5 Å². The number of ether oxygens (including phenoxy) is 1. The van der Waals surface area contributed by atoms with E-state index in [2.05, 4.69) is 5.32 Å². The Morgan fingerprint density at radius 3 is 3.06 bits per heavy atom. The molecule has 0 radical (unpaired) electrons. The fraction of sp³-hybridized carbons (Fsp3) is 0.636. The van der Waals surface area contributed by atoms with Gasteiger partial charge in [0.2, 0.25) is 0 Å². The van der Waals surface area contributed by atoms with Crippen LogP contribution in [0.25, 0.3) is 0 Å². The van der Waals surface area contributed by atoms with Crippen molar-refractivity contribution in [3.05, 3.63) is 28.0 Å². The summed E-state index contributed by atoms with van der Waals surface area (Å²) in [6.45, 7) is 3.35. The van der Waals surface area contributed by atoms with Gasteiger partial charge < -0.3 is 14.5 Å². The summed E-state index contributed by atoms with van der Waals surface area (Å²) in [5.41, 5.74) is 0. The third-order valence-corrected chi connectivity index (χ3v) is 2.95. The first kappa shape index (κ1) is 12.1. The monoisotopic (exact) mass is 240 g/mol. The molecule has 94 valence electrons. The number of hydrogen-bond acceptors (Lipinski definition) is 5. The van der Waals surface area contributed by atoms with Crippen LogP contribution in [0.3, 0.4) is 0 Å². The van der Waals surface area contributed by atoms with Gasteiger partial charge in [0.1, 0.15) is 10.7 Å². The summed E-state index contributed by atoms with van der Waals surface area (Å²) >= 11 is 0. The lowest BCUT2D eigenvalue weighted by Crippen LogP contribution is -2.36. The largest absolute Gasteiger partial charge is 0.433 e. The highest BCUT2D eigenvalue weighted by Crippen LogP contribution is 2.18. The molecule has 1 saturated heterocycles. The molecule has 1 aliphatic rings. The van der Waals surface area contributed by atoms with Crippen molar-refractivity contribution in [1.82, 2.24) is 5.32 Å². The van der Waals surface area contributed by atoms with Crippen molar-refractivity contribution in [1.29, 1.82) is 0 Å². The van der Waals surface area contributed by atoms with Crippen LogP contribution in [-0.2, 0) is 11.3 Å². The molecule has 2 heterocycles. The topological polar surface area (TPSA) is 77.5 Å². The third kappa shape index (κ3) is 3.04. The first-order chi connectivity index (χ1) is 8.16. The normalized spacial score (nSPS) is 21.6. The Labute approximate surface area is 99.1 Å². The van der Waals surface area contributed by atoms with Gasteiger partial charge in [0, 0.05) is 12.6 Å². The molecule has 0 saturated carbocycles. The average Bonchev–Trinajstić information content (AvgIpc) is 2.97. The number of furan rings is 1. The fourth-order valence-corrected chi connectivity index (χ4v) is 1.95. The molecule has 1 fully saturated rings. The van der Waals surface area contributed by atoms with E-state index in [9.17, 15) is 10.1 Å². The van der Waals surface area contributed by atoms with E-state index in [1.54, 1.807) is 6.07 Å². The van der Waals surface area contributed by atoms with E-state index in [1.807, 2.05) is 6.92 Å². The molecule has 1 aromatic heterocycles. The molecule has 1 aliphatic heterocycles. The predicted molar refractivity (Wildman–Crippen MR) is 60.6 cm³/mol. The molecule has 2 rings (SSSR count). The maximum atomic E-state index is 10.4. The number of nitro groups is 1. The van der Waals surface area contributed by atoms with E-state index in [4.69, 9.17) is 9.15 Å². The summed E-state index contributed by atoms with van der Waals surface area (Å²) in [6.07, 6.45) is 2.40.